The van der Waals surface area contributed by atoms with Crippen LogP contribution < -0.4 is 10.6 Å². The summed E-state index contributed by atoms with van der Waals surface area (Å²) in [6, 6.07) is 12.2. The monoisotopic (exact) mass is 584 g/mol. The SMILES string of the molecule is C=C(Nc1ccc(CN2CCN(C)CC2)c(Cl)c1)c1ccc(C)c(C#Cc2cnc(Nc3cnn(CCF)c3)nc2)c1. The minimum atomic E-state index is -0.474. The Morgan fingerprint density at radius 2 is 1.81 bits per heavy atom. The molecule has 10 heteroatoms. The normalized spacial score (nSPS) is 13.8. The molecule has 1 fully saturated rings. The molecule has 0 amide bonds. The van der Waals surface area contributed by atoms with E-state index in [2.05, 4.69) is 67.0 Å². The summed E-state index contributed by atoms with van der Waals surface area (Å²) in [6.07, 6.45) is 6.62. The van der Waals surface area contributed by atoms with Gasteiger partial charge in [-0.25, -0.2) is 14.4 Å². The third-order valence-electron chi connectivity index (χ3n) is 7.12. The van der Waals surface area contributed by atoms with Gasteiger partial charge in [0.15, 0.2) is 0 Å². The molecule has 0 spiro atoms. The van der Waals surface area contributed by atoms with E-state index < -0.39 is 6.67 Å². The first-order valence-corrected chi connectivity index (χ1v) is 14.2. The van der Waals surface area contributed by atoms with Crippen LogP contribution in [0.25, 0.3) is 5.70 Å². The highest BCUT2D eigenvalue weighted by Crippen LogP contribution is 2.26. The van der Waals surface area contributed by atoms with Gasteiger partial charge >= 0.3 is 0 Å². The summed E-state index contributed by atoms with van der Waals surface area (Å²) >= 11 is 6.66. The van der Waals surface area contributed by atoms with E-state index in [4.69, 9.17) is 11.6 Å². The number of halogens is 2. The molecular weight excluding hydrogens is 551 g/mol. The highest BCUT2D eigenvalue weighted by molar-refractivity contribution is 6.31. The van der Waals surface area contributed by atoms with Gasteiger partial charge in [0.05, 0.1) is 24.0 Å². The van der Waals surface area contributed by atoms with Crippen molar-refractivity contribution in [1.82, 2.24) is 29.5 Å². The first-order chi connectivity index (χ1) is 20.4. The molecule has 0 radical (unpaired) electrons. The molecule has 216 valence electrons. The van der Waals surface area contributed by atoms with Crippen molar-refractivity contribution in [1.29, 1.82) is 0 Å². The Labute approximate surface area is 251 Å². The van der Waals surface area contributed by atoms with Crippen LogP contribution in [0.3, 0.4) is 0 Å². The number of hydrogen-bond donors (Lipinski definition) is 2. The largest absolute Gasteiger partial charge is 0.355 e. The molecule has 2 N–H and O–H groups in total. The molecule has 0 atom stereocenters. The minimum absolute atomic E-state index is 0.208. The van der Waals surface area contributed by atoms with Gasteiger partial charge in [-0.3, -0.25) is 9.58 Å². The molecule has 42 heavy (non-hydrogen) atoms. The molecule has 5 rings (SSSR count). The second-order valence-electron chi connectivity index (χ2n) is 10.4. The van der Waals surface area contributed by atoms with Crippen LogP contribution in [-0.2, 0) is 13.1 Å². The van der Waals surface area contributed by atoms with Gasteiger partial charge in [0.1, 0.15) is 6.67 Å². The van der Waals surface area contributed by atoms with Crippen LogP contribution in [0.1, 0.15) is 27.8 Å². The topological polar surface area (TPSA) is 74.1 Å². The number of aromatic nitrogens is 4. The van der Waals surface area contributed by atoms with Crippen molar-refractivity contribution in [3.8, 4) is 11.8 Å². The molecule has 2 aromatic heterocycles. The van der Waals surface area contributed by atoms with Crippen LogP contribution in [0.15, 0.2) is 67.8 Å². The number of hydrogen-bond acceptors (Lipinski definition) is 7. The zero-order valence-corrected chi connectivity index (χ0v) is 24.6. The van der Waals surface area contributed by atoms with Gasteiger partial charge in [-0.05, 0) is 48.9 Å². The Kier molecular flexibility index (Phi) is 9.49. The van der Waals surface area contributed by atoms with Gasteiger partial charge in [-0.2, -0.15) is 5.10 Å². The van der Waals surface area contributed by atoms with Crippen molar-refractivity contribution in [3.05, 3.63) is 101 Å². The molecule has 1 aliphatic rings. The van der Waals surface area contributed by atoms with E-state index in [9.17, 15) is 4.39 Å². The Morgan fingerprint density at radius 1 is 1.02 bits per heavy atom. The van der Waals surface area contributed by atoms with Gasteiger partial charge in [-0.1, -0.05) is 48.2 Å². The molecule has 0 unspecified atom stereocenters. The number of aryl methyl sites for hydroxylation is 2. The molecule has 2 aromatic carbocycles. The maximum absolute atomic E-state index is 12.5. The van der Waals surface area contributed by atoms with Gasteiger partial charge in [-0.15, -0.1) is 0 Å². The summed E-state index contributed by atoms with van der Waals surface area (Å²) in [5.41, 5.74) is 7.03. The Bertz CT molecular complexity index is 1600. The Morgan fingerprint density at radius 3 is 2.55 bits per heavy atom. The highest BCUT2D eigenvalue weighted by Gasteiger charge is 2.15. The maximum atomic E-state index is 12.5. The van der Waals surface area contributed by atoms with Crippen molar-refractivity contribution in [2.75, 3.05) is 50.5 Å². The van der Waals surface area contributed by atoms with Crippen molar-refractivity contribution in [2.45, 2.75) is 20.0 Å². The predicted molar refractivity (Wildman–Crippen MR) is 168 cm³/mol. The molecule has 4 aromatic rings. The summed E-state index contributed by atoms with van der Waals surface area (Å²) in [5.74, 6) is 6.79. The van der Waals surface area contributed by atoms with Crippen molar-refractivity contribution in [2.24, 2.45) is 0 Å². The van der Waals surface area contributed by atoms with Crippen LogP contribution in [0.4, 0.5) is 21.7 Å². The van der Waals surface area contributed by atoms with Gasteiger partial charge in [0, 0.05) is 73.3 Å². The number of anilines is 3. The number of nitrogens with one attached hydrogen (secondary N) is 2. The van der Waals surface area contributed by atoms with E-state index in [-0.39, 0.29) is 6.54 Å². The molecule has 8 nitrogen and oxygen atoms in total. The maximum Gasteiger partial charge on any atom is 0.227 e. The number of likely N-dealkylation sites (N-methyl/N-ethyl adjacent to an activating group) is 1. The quantitative estimate of drug-likeness (QED) is 0.249. The lowest BCUT2D eigenvalue weighted by Crippen LogP contribution is -2.43. The first kappa shape index (κ1) is 29.3. The Balaban J connectivity index is 1.21. The minimum Gasteiger partial charge on any atom is -0.355 e. The smallest absolute Gasteiger partial charge is 0.227 e. The predicted octanol–water partition coefficient (Wildman–Crippen LogP) is 5.58. The van der Waals surface area contributed by atoms with E-state index in [0.717, 1.165) is 71.4 Å². The van der Waals surface area contributed by atoms with E-state index in [1.165, 1.54) is 4.68 Å². The zero-order valence-electron chi connectivity index (χ0n) is 23.9. The lowest BCUT2D eigenvalue weighted by Gasteiger charge is -2.32. The molecule has 0 saturated carbocycles. The fourth-order valence-electron chi connectivity index (χ4n) is 4.55. The average molecular weight is 585 g/mol. The van der Waals surface area contributed by atoms with E-state index in [0.29, 0.717) is 17.2 Å². The number of nitrogens with zero attached hydrogens (tertiary/aromatic N) is 6. The van der Waals surface area contributed by atoms with Crippen LogP contribution in [0.2, 0.25) is 5.02 Å². The van der Waals surface area contributed by atoms with Gasteiger partial charge < -0.3 is 15.5 Å². The third-order valence-corrected chi connectivity index (χ3v) is 7.47. The number of alkyl halides is 1. The summed E-state index contributed by atoms with van der Waals surface area (Å²) in [6.45, 7) is 11.1. The van der Waals surface area contributed by atoms with Gasteiger partial charge in [0.2, 0.25) is 5.95 Å². The lowest BCUT2D eigenvalue weighted by atomic mass is 10.0. The highest BCUT2D eigenvalue weighted by atomic mass is 35.5. The summed E-state index contributed by atoms with van der Waals surface area (Å²) in [5, 5.41) is 11.3. The molecule has 0 aliphatic carbocycles. The van der Waals surface area contributed by atoms with Crippen LogP contribution in [0.5, 0.6) is 0 Å². The van der Waals surface area contributed by atoms with E-state index in [1.807, 2.05) is 37.3 Å². The second-order valence-corrected chi connectivity index (χ2v) is 10.8. The van der Waals surface area contributed by atoms with Gasteiger partial charge in [0.25, 0.3) is 0 Å². The van der Waals surface area contributed by atoms with Crippen LogP contribution in [0, 0.1) is 18.8 Å². The van der Waals surface area contributed by atoms with Crippen molar-refractivity contribution < 1.29 is 4.39 Å². The summed E-state index contributed by atoms with van der Waals surface area (Å²) < 4.78 is 14.0. The molecule has 1 saturated heterocycles. The Hall–Kier alpha value is -4.23. The lowest BCUT2D eigenvalue weighted by molar-refractivity contribution is 0.148. The average Bonchev–Trinajstić information content (AvgIpc) is 3.42. The zero-order chi connectivity index (χ0) is 29.5. The fourth-order valence-corrected chi connectivity index (χ4v) is 4.79. The third kappa shape index (κ3) is 7.74. The number of benzene rings is 2. The number of piperazine rings is 1. The van der Waals surface area contributed by atoms with E-state index in [1.54, 1.807) is 24.8 Å². The van der Waals surface area contributed by atoms with E-state index >= 15 is 0 Å². The summed E-state index contributed by atoms with van der Waals surface area (Å²) in [4.78, 5) is 13.4. The first-order valence-electron chi connectivity index (χ1n) is 13.8. The molecule has 1 aliphatic heterocycles. The fraction of sp³-hybridized carbons (Fsp3) is 0.281. The number of rotatable bonds is 9. The van der Waals surface area contributed by atoms with Crippen LogP contribution in [-0.4, -0.2) is 69.4 Å². The van der Waals surface area contributed by atoms with Crippen LogP contribution >= 0.6 is 11.6 Å². The van der Waals surface area contributed by atoms with Crippen molar-refractivity contribution >= 4 is 34.6 Å². The second kappa shape index (κ2) is 13.6. The molecule has 3 heterocycles. The standard InChI is InChI=1S/C32H34ClFN8/c1-23-4-6-27(24(2)38-29-9-8-28(31(33)17-29)21-41-14-12-40(3)13-15-41)16-26(23)7-5-25-18-35-32(36-19-25)39-30-20-37-42(22-30)11-10-34/h4,6,8-9,16-20,22,38H,2,10-15,21H2,1,3H3,(H,35,36,39). The molecular formula is C32H34ClFN8. The van der Waals surface area contributed by atoms with Crippen molar-refractivity contribution in [3.63, 3.8) is 0 Å². The molecule has 0 bridgehead atoms. The summed E-state index contributed by atoms with van der Waals surface area (Å²) in [7, 11) is 2.16.